The molecule has 1 heterocycles. The van der Waals surface area contributed by atoms with Gasteiger partial charge in [0, 0.05) is 4.90 Å². The van der Waals surface area contributed by atoms with Gasteiger partial charge in [0.05, 0.1) is 21.5 Å². The summed E-state index contributed by atoms with van der Waals surface area (Å²) in [6, 6.07) is 13.5. The van der Waals surface area contributed by atoms with Crippen LogP contribution in [0.3, 0.4) is 0 Å². The topological polar surface area (TPSA) is 71.4 Å². The summed E-state index contributed by atoms with van der Waals surface area (Å²) >= 11 is 1.39. The molecule has 6 heteroatoms. The molecule has 2 aromatic rings. The van der Waals surface area contributed by atoms with Crippen molar-refractivity contribution in [2.45, 2.75) is 15.0 Å². The van der Waals surface area contributed by atoms with Crippen molar-refractivity contribution in [2.24, 2.45) is 0 Å². The largest absolute Gasteiger partial charge is 0.478 e. The van der Waals surface area contributed by atoms with Gasteiger partial charge in [-0.15, -0.1) is 11.8 Å². The Hall–Kier alpha value is -1.79. The molecule has 1 aliphatic heterocycles. The van der Waals surface area contributed by atoms with Gasteiger partial charge in [-0.05, 0) is 29.8 Å². The van der Waals surface area contributed by atoms with E-state index in [-0.39, 0.29) is 16.6 Å². The minimum Gasteiger partial charge on any atom is -0.478 e. The first-order valence-corrected chi connectivity index (χ1v) is 8.82. The molecule has 1 N–H and O–H groups in total. The van der Waals surface area contributed by atoms with Gasteiger partial charge in [-0.2, -0.15) is 0 Å². The van der Waals surface area contributed by atoms with Crippen LogP contribution in [0.15, 0.2) is 58.3 Å². The Morgan fingerprint density at radius 1 is 1.14 bits per heavy atom. The van der Waals surface area contributed by atoms with Gasteiger partial charge in [-0.3, -0.25) is 0 Å². The first kappa shape index (κ1) is 14.2. The quantitative estimate of drug-likeness (QED) is 0.941. The van der Waals surface area contributed by atoms with E-state index in [2.05, 4.69) is 0 Å². The van der Waals surface area contributed by atoms with Gasteiger partial charge in [0.25, 0.3) is 0 Å². The molecule has 0 saturated carbocycles. The summed E-state index contributed by atoms with van der Waals surface area (Å²) in [6.07, 6.45) is 0. The van der Waals surface area contributed by atoms with Crippen LogP contribution in [0.25, 0.3) is 0 Å². The fourth-order valence-corrected chi connectivity index (χ4v) is 5.88. The average Bonchev–Trinajstić information content (AvgIpc) is 2.71. The molecule has 2 aromatic carbocycles. The summed E-state index contributed by atoms with van der Waals surface area (Å²) in [4.78, 5) is 12.1. The molecular formula is C15H12O4S2. The number of hydrogen-bond donors (Lipinski definition) is 1. The number of aromatic carboxylic acids is 1. The average molecular weight is 320 g/mol. The highest BCUT2D eigenvalue weighted by atomic mass is 32.2. The van der Waals surface area contributed by atoms with E-state index in [9.17, 15) is 13.2 Å². The van der Waals surface area contributed by atoms with Crippen molar-refractivity contribution in [3.8, 4) is 0 Å². The van der Waals surface area contributed by atoms with Gasteiger partial charge in [0.15, 0.2) is 9.84 Å². The Labute approximate surface area is 126 Å². The van der Waals surface area contributed by atoms with Crippen LogP contribution in [-0.4, -0.2) is 25.2 Å². The molecule has 4 nitrogen and oxygen atoms in total. The van der Waals surface area contributed by atoms with Crippen LogP contribution in [0.5, 0.6) is 0 Å². The van der Waals surface area contributed by atoms with E-state index in [0.717, 1.165) is 10.5 Å². The number of carboxylic acid groups (broad SMARTS) is 1. The van der Waals surface area contributed by atoms with Crippen LogP contribution < -0.4 is 0 Å². The predicted molar refractivity (Wildman–Crippen MR) is 80.5 cm³/mol. The Morgan fingerprint density at radius 3 is 2.67 bits per heavy atom. The van der Waals surface area contributed by atoms with Gasteiger partial charge in [-0.1, -0.05) is 24.3 Å². The second-order valence-corrected chi connectivity index (χ2v) is 8.04. The van der Waals surface area contributed by atoms with E-state index < -0.39 is 15.8 Å². The van der Waals surface area contributed by atoms with Crippen molar-refractivity contribution in [1.29, 1.82) is 0 Å². The number of benzene rings is 2. The molecule has 0 fully saturated rings. The molecule has 3 rings (SSSR count). The molecule has 21 heavy (non-hydrogen) atoms. The zero-order valence-electron chi connectivity index (χ0n) is 10.9. The molecule has 0 aliphatic carbocycles. The third-order valence-corrected chi connectivity index (χ3v) is 6.59. The first-order valence-electron chi connectivity index (χ1n) is 6.29. The van der Waals surface area contributed by atoms with E-state index in [1.165, 1.54) is 17.8 Å². The second kappa shape index (κ2) is 5.20. The van der Waals surface area contributed by atoms with E-state index in [1.54, 1.807) is 30.3 Å². The maximum absolute atomic E-state index is 12.1. The van der Waals surface area contributed by atoms with Gasteiger partial charge in [-0.25, -0.2) is 13.2 Å². The molecule has 0 amide bonds. The van der Waals surface area contributed by atoms with Crippen LogP contribution >= 0.6 is 11.8 Å². The van der Waals surface area contributed by atoms with Crippen LogP contribution in [0.4, 0.5) is 0 Å². The van der Waals surface area contributed by atoms with Gasteiger partial charge in [0.1, 0.15) is 0 Å². The lowest BCUT2D eigenvalue weighted by atomic mass is 10.2. The third-order valence-electron chi connectivity index (χ3n) is 3.33. The summed E-state index contributed by atoms with van der Waals surface area (Å²) in [5, 5.41) is 8.81. The maximum Gasteiger partial charge on any atom is 0.335 e. The number of sulfone groups is 1. The summed E-state index contributed by atoms with van der Waals surface area (Å²) in [6.45, 7) is 0. The Bertz CT molecular complexity index is 812. The van der Waals surface area contributed by atoms with E-state index >= 15 is 0 Å². The summed E-state index contributed by atoms with van der Waals surface area (Å²) in [5.41, 5.74) is 0.998. The Morgan fingerprint density at radius 2 is 1.90 bits per heavy atom. The lowest BCUT2D eigenvalue weighted by molar-refractivity contribution is 0.0696. The molecule has 0 saturated heterocycles. The molecule has 0 radical (unpaired) electrons. The first-order chi connectivity index (χ1) is 9.97. The van der Waals surface area contributed by atoms with Crippen molar-refractivity contribution in [2.75, 3.05) is 5.75 Å². The lowest BCUT2D eigenvalue weighted by Crippen LogP contribution is -2.01. The molecule has 0 spiro atoms. The summed E-state index contributed by atoms with van der Waals surface area (Å²) in [7, 11) is -3.24. The van der Waals surface area contributed by atoms with Crippen LogP contribution in [0, 0.1) is 0 Å². The molecule has 1 atom stereocenters. The van der Waals surface area contributed by atoms with Crippen molar-refractivity contribution in [3.05, 3.63) is 59.7 Å². The monoisotopic (exact) mass is 320 g/mol. The van der Waals surface area contributed by atoms with Crippen LogP contribution in [0.1, 0.15) is 21.2 Å². The SMILES string of the molecule is O=C(O)c1cccc(SC2CS(=O)(=O)c3ccccc32)c1. The zero-order chi connectivity index (χ0) is 15.0. The fraction of sp³-hybridized carbons (Fsp3) is 0.133. The van der Waals surface area contributed by atoms with Crippen molar-refractivity contribution in [3.63, 3.8) is 0 Å². The Kier molecular flexibility index (Phi) is 3.51. The third kappa shape index (κ3) is 2.69. The van der Waals surface area contributed by atoms with Gasteiger partial charge in [0.2, 0.25) is 0 Å². The molecule has 0 bridgehead atoms. The summed E-state index contributed by atoms with van der Waals surface area (Å²) in [5.74, 6) is -0.939. The highest BCUT2D eigenvalue weighted by Gasteiger charge is 2.34. The minimum atomic E-state index is -3.24. The van der Waals surface area contributed by atoms with Crippen molar-refractivity contribution >= 4 is 27.6 Å². The molecule has 1 aliphatic rings. The highest BCUT2D eigenvalue weighted by molar-refractivity contribution is 8.01. The van der Waals surface area contributed by atoms with Crippen LogP contribution in [0.2, 0.25) is 0 Å². The summed E-state index contributed by atoms with van der Waals surface area (Å²) < 4.78 is 24.2. The van der Waals surface area contributed by atoms with E-state index in [4.69, 9.17) is 5.11 Å². The van der Waals surface area contributed by atoms with E-state index in [0.29, 0.717) is 4.90 Å². The zero-order valence-corrected chi connectivity index (χ0v) is 12.5. The molecule has 0 aromatic heterocycles. The maximum atomic E-state index is 12.1. The fourth-order valence-electron chi connectivity index (χ4n) is 2.37. The van der Waals surface area contributed by atoms with Crippen molar-refractivity contribution < 1.29 is 18.3 Å². The molecule has 108 valence electrons. The smallest absolute Gasteiger partial charge is 0.335 e. The normalized spacial score (nSPS) is 19.1. The lowest BCUT2D eigenvalue weighted by Gasteiger charge is -2.10. The second-order valence-electron chi connectivity index (χ2n) is 4.76. The van der Waals surface area contributed by atoms with Crippen LogP contribution in [-0.2, 0) is 9.84 Å². The van der Waals surface area contributed by atoms with E-state index in [1.807, 2.05) is 12.1 Å². The number of fused-ring (bicyclic) bond motifs is 1. The van der Waals surface area contributed by atoms with Gasteiger partial charge >= 0.3 is 5.97 Å². The number of carboxylic acids is 1. The minimum absolute atomic E-state index is 0.0499. The molecule has 1 unspecified atom stereocenters. The Balaban J connectivity index is 1.94. The number of carbonyl (C=O) groups is 1. The highest BCUT2D eigenvalue weighted by Crippen LogP contribution is 2.44. The number of thioether (sulfide) groups is 1. The standard InChI is InChI=1S/C15H12O4S2/c16-15(17)10-4-3-5-11(8-10)20-13-9-21(18,19)14-7-2-1-6-12(13)14/h1-8,13H,9H2,(H,16,17). The van der Waals surface area contributed by atoms with Gasteiger partial charge < -0.3 is 5.11 Å². The predicted octanol–water partition coefficient (Wildman–Crippen LogP) is 3.01. The number of hydrogen-bond acceptors (Lipinski definition) is 4. The molecular weight excluding hydrogens is 308 g/mol. The van der Waals surface area contributed by atoms with Crippen molar-refractivity contribution in [1.82, 2.24) is 0 Å². The number of rotatable bonds is 3.